The van der Waals surface area contributed by atoms with Crippen LogP contribution in [0.3, 0.4) is 0 Å². The van der Waals surface area contributed by atoms with Crippen molar-refractivity contribution in [1.82, 2.24) is 13.2 Å². The van der Waals surface area contributed by atoms with E-state index in [1.807, 2.05) is 0 Å². The molecular weight excluding hydrogens is 1760 g/mol. The lowest BCUT2D eigenvalue weighted by molar-refractivity contribution is 0.869. The van der Waals surface area contributed by atoms with Gasteiger partial charge in [-0.15, -0.1) is 0 Å². The molecule has 146 heavy (non-hydrogen) atoms. The number of para-hydroxylation sites is 2. The van der Waals surface area contributed by atoms with Crippen LogP contribution in [0.2, 0.25) is 0 Å². The molecular formula is C142H110N4. The zero-order valence-corrected chi connectivity index (χ0v) is 84.5. The third-order valence-electron chi connectivity index (χ3n) is 32.7. The van der Waals surface area contributed by atoms with Gasteiger partial charge >= 0.3 is 0 Å². The van der Waals surface area contributed by atoms with E-state index >= 15 is 0 Å². The Bertz CT molecular complexity index is 10200. The highest BCUT2D eigenvalue weighted by molar-refractivity contribution is 6.33. The quantitative estimate of drug-likeness (QED) is 0.0880. The first-order valence-electron chi connectivity index (χ1n) is 52.5. The molecule has 0 atom stereocenters. The second kappa shape index (κ2) is 33.3. The molecule has 0 aliphatic rings. The molecule has 0 aliphatic heterocycles. The molecule has 0 unspecified atom stereocenters. The zero-order valence-electron chi connectivity index (χ0n) is 84.5. The molecule has 0 N–H and O–H groups in total. The lowest BCUT2D eigenvalue weighted by atomic mass is 9.85. The van der Waals surface area contributed by atoms with Crippen LogP contribution in [-0.2, 0) is 0 Å². The highest BCUT2D eigenvalue weighted by atomic mass is 15.1. The molecule has 0 saturated heterocycles. The van der Waals surface area contributed by atoms with E-state index in [2.05, 4.69) is 514 Å². The first-order chi connectivity index (χ1) is 71.3. The van der Waals surface area contributed by atoms with E-state index in [1.165, 1.54) is 294 Å². The number of aromatic nitrogens is 3. The van der Waals surface area contributed by atoms with Crippen molar-refractivity contribution in [3.63, 3.8) is 0 Å². The first kappa shape index (κ1) is 86.9. The normalized spacial score (nSPS) is 12.5. The molecule has 30 rings (SSSR count). The van der Waals surface area contributed by atoms with Gasteiger partial charge in [-0.1, -0.05) is 356 Å². The third-order valence-corrected chi connectivity index (χ3v) is 32.7. The monoisotopic (exact) mass is 1870 g/mol. The maximum absolute atomic E-state index is 2.55. The van der Waals surface area contributed by atoms with E-state index in [4.69, 9.17) is 0 Å². The molecule has 0 aliphatic carbocycles. The predicted octanol–water partition coefficient (Wildman–Crippen LogP) is 41.3. The van der Waals surface area contributed by atoms with Crippen LogP contribution in [-0.4, -0.2) is 13.2 Å². The number of rotatable bonds is 12. The molecule has 24 aromatic carbocycles. The first-order valence-corrected chi connectivity index (χ1v) is 52.5. The summed E-state index contributed by atoms with van der Waals surface area (Å²) >= 11 is 0. The van der Waals surface area contributed by atoms with Gasteiger partial charge in [0.15, 0.2) is 0 Å². The van der Waals surface area contributed by atoms with Crippen LogP contribution in [0.5, 0.6) is 0 Å². The highest BCUT2D eigenvalue weighted by Gasteiger charge is 2.29. The van der Waals surface area contributed by atoms with Gasteiger partial charge in [0.05, 0.1) is 49.7 Å². The smallest absolute Gasteiger partial charge is 0.0622 e. The number of nitrogens with zero attached hydrogens (tertiary/aromatic N) is 4. The van der Waals surface area contributed by atoms with Crippen molar-refractivity contribution in [2.24, 2.45) is 0 Å². The van der Waals surface area contributed by atoms with E-state index in [9.17, 15) is 0 Å². The summed E-state index contributed by atoms with van der Waals surface area (Å²) in [4.78, 5) is 2.40. The minimum atomic E-state index is 0.477. The van der Waals surface area contributed by atoms with Crippen LogP contribution in [0, 0.1) is 0 Å². The molecule has 4 nitrogen and oxygen atoms in total. The highest BCUT2D eigenvalue weighted by Crippen LogP contribution is 2.54. The van der Waals surface area contributed by atoms with E-state index in [-0.39, 0.29) is 0 Å². The standard InChI is InChI=1S/C52H39N.C46H35N.C44H36N2/c1-30(2)33-18-20-35-28-48-44(24-37(35)22-33)46-26-39(27-47-45-25-38-23-34(31(3)4)19-21-36(38)29-49(45)53(48)52(46)47)51-42-16-10-8-14-40(42)50(32-12-6-5-7-13-32)41-15-9-11-17-43(41)51;1-26(2)28-13-15-30-24-44-40(20-33(30)17-28)42-22-35(39-19-32-9-5-6-10-36(32)37-11-7-8-12-38(37)39)23-43-41-21-34-18-29(27(3)4)14-16-31(34)25-45(41)47(44)46(42)43;1-27(2)29-15-17-31-23-42-38(21-33(31)19-29)40-25-37(45(35-11-7-5-8-12-35)36-13-9-6-10-14-36)26-41-39-22-34-20-30(28(3)4)16-18-32(34)24-43(39)46(42)44(40)41/h5-31H,1-4H3;5-27H,1-4H3;5-28H,1-4H3. The average Bonchev–Trinajstić information content (AvgIpc) is 1.53. The number of anilines is 3. The number of hydrogen-bond donors (Lipinski definition) is 0. The molecule has 0 bridgehead atoms. The number of benzene rings is 24. The summed E-state index contributed by atoms with van der Waals surface area (Å²) in [5, 5.41) is 41.6. The lowest BCUT2D eigenvalue weighted by Crippen LogP contribution is -2.09. The van der Waals surface area contributed by atoms with Gasteiger partial charge in [0.1, 0.15) is 0 Å². The Kier molecular flexibility index (Phi) is 19.8. The van der Waals surface area contributed by atoms with Crippen LogP contribution < -0.4 is 4.90 Å². The van der Waals surface area contributed by atoms with Gasteiger partial charge < -0.3 is 18.1 Å². The predicted molar refractivity (Wildman–Crippen MR) is 634 cm³/mol. The van der Waals surface area contributed by atoms with E-state index in [0.717, 1.165) is 11.4 Å². The second-order valence-electron chi connectivity index (χ2n) is 43.4. The summed E-state index contributed by atoms with van der Waals surface area (Å²) in [6.07, 6.45) is 0. The van der Waals surface area contributed by atoms with Crippen molar-refractivity contribution in [3.8, 4) is 33.4 Å². The Balaban J connectivity index is 0.000000106. The molecule has 6 aromatic heterocycles. The second-order valence-corrected chi connectivity index (χ2v) is 43.4. The SMILES string of the molecule is CC(C)c1ccc2cc3c(cc2c1)c1cc(-c2c4ccccc4c(-c4ccccc4)c4ccccc24)cc2c4cc5cc(C(C)C)ccc5cc4n3c12.CC(C)c1ccc2cc3c(cc2c1)c1cc(-c2cc4ccccc4c4ccccc24)cc2c4cc5cc(C(C)C)ccc5cc4n3c12.CC(C)c1ccc2cc3c(cc2c1)c1cc(N(c2ccccc2)c2ccccc2)cc2c4cc5cc(C(C)C)ccc5cc4n3c12. The van der Waals surface area contributed by atoms with Crippen molar-refractivity contribution < 1.29 is 0 Å². The van der Waals surface area contributed by atoms with Gasteiger partial charge in [0, 0.05) is 81.7 Å². The molecule has 0 spiro atoms. The van der Waals surface area contributed by atoms with Crippen LogP contribution in [0.15, 0.2) is 413 Å². The summed E-state index contributed by atoms with van der Waals surface area (Å²) in [7, 11) is 0. The van der Waals surface area contributed by atoms with Crippen molar-refractivity contribution in [1.29, 1.82) is 0 Å². The molecule has 698 valence electrons. The average molecular weight is 1870 g/mol. The summed E-state index contributed by atoms with van der Waals surface area (Å²) in [5.74, 6) is 2.91. The van der Waals surface area contributed by atoms with E-state index in [0.29, 0.717) is 35.5 Å². The molecule has 30 aromatic rings. The Hall–Kier alpha value is -16.9. The van der Waals surface area contributed by atoms with Gasteiger partial charge in [-0.2, -0.15) is 0 Å². The van der Waals surface area contributed by atoms with Gasteiger partial charge in [0.2, 0.25) is 0 Å². The van der Waals surface area contributed by atoms with Gasteiger partial charge in [-0.25, -0.2) is 0 Å². The van der Waals surface area contributed by atoms with E-state index < -0.39 is 0 Å². The fourth-order valence-corrected chi connectivity index (χ4v) is 25.0. The fourth-order valence-electron chi connectivity index (χ4n) is 25.0. The maximum atomic E-state index is 2.55. The minimum Gasteiger partial charge on any atom is -0.310 e. The summed E-state index contributed by atoms with van der Waals surface area (Å²) in [5.41, 5.74) is 31.0. The van der Waals surface area contributed by atoms with Crippen molar-refractivity contribution in [2.45, 2.75) is 119 Å². The molecule has 6 heterocycles. The largest absolute Gasteiger partial charge is 0.310 e. The van der Waals surface area contributed by atoms with Gasteiger partial charge in [-0.3, -0.25) is 0 Å². The summed E-state index contributed by atoms with van der Waals surface area (Å²) in [6.45, 7) is 27.3. The minimum absolute atomic E-state index is 0.477. The molecule has 0 fully saturated rings. The van der Waals surface area contributed by atoms with Crippen molar-refractivity contribution in [2.75, 3.05) is 4.90 Å². The topological polar surface area (TPSA) is 16.5 Å². The van der Waals surface area contributed by atoms with Crippen molar-refractivity contribution in [3.05, 3.63) is 446 Å². The Labute approximate surface area is 848 Å². The summed E-state index contributed by atoms with van der Waals surface area (Å²) in [6, 6.07) is 156. The number of hydrogen-bond acceptors (Lipinski definition) is 1. The van der Waals surface area contributed by atoms with Crippen LogP contribution in [0.1, 0.15) is 152 Å². The Morgan fingerprint density at radius 3 is 0.699 bits per heavy atom. The van der Waals surface area contributed by atoms with Crippen LogP contribution in [0.4, 0.5) is 17.1 Å². The molecule has 4 heteroatoms. The van der Waals surface area contributed by atoms with Crippen molar-refractivity contribution >= 4 is 239 Å². The number of fused-ring (bicyclic) bond motifs is 29. The van der Waals surface area contributed by atoms with Crippen LogP contribution >= 0.6 is 0 Å². The van der Waals surface area contributed by atoms with Gasteiger partial charge in [-0.05, 0) is 350 Å². The molecule has 0 amide bonds. The zero-order chi connectivity index (χ0) is 98.2. The maximum Gasteiger partial charge on any atom is 0.0622 e. The summed E-state index contributed by atoms with van der Waals surface area (Å²) < 4.78 is 7.63. The van der Waals surface area contributed by atoms with Gasteiger partial charge in [0.25, 0.3) is 0 Å². The molecule has 0 radical (unpaired) electrons. The fraction of sp³-hybridized carbons (Fsp3) is 0.127. The van der Waals surface area contributed by atoms with Crippen LogP contribution in [0.25, 0.3) is 255 Å². The molecule has 0 saturated carbocycles. The Morgan fingerprint density at radius 2 is 0.397 bits per heavy atom. The lowest BCUT2D eigenvalue weighted by Gasteiger charge is -2.25. The van der Waals surface area contributed by atoms with E-state index in [1.54, 1.807) is 0 Å². The third kappa shape index (κ3) is 13.6. The Morgan fingerprint density at radius 1 is 0.151 bits per heavy atom.